The average molecular weight is 449 g/mol. The highest BCUT2D eigenvalue weighted by molar-refractivity contribution is 8.00. The lowest BCUT2D eigenvalue weighted by Crippen LogP contribution is -2.20. The second kappa shape index (κ2) is 10.1. The minimum atomic E-state index is -0.992. The fraction of sp³-hybridized carbons (Fsp3) is 0.296. The van der Waals surface area contributed by atoms with E-state index in [0.29, 0.717) is 24.0 Å². The normalized spacial score (nSPS) is 15.1. The lowest BCUT2D eigenvalue weighted by atomic mass is 9.92. The Morgan fingerprint density at radius 2 is 1.69 bits per heavy atom. The van der Waals surface area contributed by atoms with Gasteiger partial charge >= 0.3 is 5.97 Å². The van der Waals surface area contributed by atoms with Crippen LogP contribution in [0.15, 0.2) is 78.9 Å². The van der Waals surface area contributed by atoms with Crippen LogP contribution in [0.2, 0.25) is 0 Å². The molecular formula is C27H28O4S. The molecule has 0 radical (unpaired) electrons. The number of rotatable bonds is 10. The van der Waals surface area contributed by atoms with Crippen molar-refractivity contribution in [2.24, 2.45) is 0 Å². The Morgan fingerprint density at radius 1 is 1.03 bits per heavy atom. The van der Waals surface area contributed by atoms with Crippen LogP contribution in [0.1, 0.15) is 42.4 Å². The monoisotopic (exact) mass is 448 g/mol. The van der Waals surface area contributed by atoms with Crippen LogP contribution < -0.4 is 9.47 Å². The van der Waals surface area contributed by atoms with Crippen molar-refractivity contribution in [2.75, 3.05) is 19.0 Å². The molecule has 4 nitrogen and oxygen atoms in total. The molecule has 1 aliphatic rings. The van der Waals surface area contributed by atoms with Crippen LogP contribution in [0.25, 0.3) is 0 Å². The number of carboxylic acid groups (broad SMARTS) is 1. The number of benzene rings is 3. The van der Waals surface area contributed by atoms with Crippen LogP contribution in [0.5, 0.6) is 11.5 Å². The molecular weight excluding hydrogens is 420 g/mol. The van der Waals surface area contributed by atoms with Crippen molar-refractivity contribution in [1.82, 2.24) is 0 Å². The Bertz CT molecular complexity index is 997. The van der Waals surface area contributed by atoms with Crippen molar-refractivity contribution in [3.63, 3.8) is 0 Å². The van der Waals surface area contributed by atoms with Crippen molar-refractivity contribution >= 4 is 17.7 Å². The summed E-state index contributed by atoms with van der Waals surface area (Å²) in [6, 6.07) is 27.1. The van der Waals surface area contributed by atoms with E-state index in [-0.39, 0.29) is 11.4 Å². The number of para-hydroxylation sites is 1. The fourth-order valence-electron chi connectivity index (χ4n) is 4.23. The Hall–Kier alpha value is -2.92. The minimum Gasteiger partial charge on any atom is -0.489 e. The summed E-state index contributed by atoms with van der Waals surface area (Å²) < 4.78 is 11.2. The number of hydrogen-bond acceptors (Lipinski definition) is 4. The first-order valence-electron chi connectivity index (χ1n) is 10.9. The van der Waals surface area contributed by atoms with E-state index in [1.807, 2.05) is 17.8 Å². The highest BCUT2D eigenvalue weighted by Gasteiger charge is 2.30. The van der Waals surface area contributed by atoms with E-state index in [1.165, 1.54) is 11.1 Å². The molecule has 1 heterocycles. The SMILES string of the molecule is CC(SCCCC1COc2c(OCC(=O)O)cccc21)(c1ccccc1)c1ccccc1. The Balaban J connectivity index is 1.40. The van der Waals surface area contributed by atoms with E-state index in [0.717, 1.165) is 24.2 Å². The van der Waals surface area contributed by atoms with Gasteiger partial charge in [-0.3, -0.25) is 0 Å². The number of aliphatic carboxylic acids is 1. The zero-order valence-corrected chi connectivity index (χ0v) is 19.0. The summed E-state index contributed by atoms with van der Waals surface area (Å²) in [7, 11) is 0. The standard InChI is InChI=1S/C27H28O4S/c1-27(21-11-4-2-5-12-21,22-13-6-3-7-14-22)32-17-9-10-20-18-31-26-23(20)15-8-16-24(26)30-19-25(28)29/h2-8,11-16,20H,9-10,17-19H2,1H3,(H,28,29). The summed E-state index contributed by atoms with van der Waals surface area (Å²) in [5.41, 5.74) is 3.74. The molecule has 1 aliphatic heterocycles. The van der Waals surface area contributed by atoms with Crippen LogP contribution in [0.3, 0.4) is 0 Å². The van der Waals surface area contributed by atoms with E-state index in [1.54, 1.807) is 6.07 Å². The molecule has 1 atom stereocenters. The molecule has 3 aromatic carbocycles. The number of hydrogen-bond donors (Lipinski definition) is 1. The van der Waals surface area contributed by atoms with Gasteiger partial charge in [-0.1, -0.05) is 72.8 Å². The molecule has 1 N–H and O–H groups in total. The molecule has 0 aliphatic carbocycles. The molecule has 4 rings (SSSR count). The third-order valence-corrected chi connectivity index (χ3v) is 7.51. The minimum absolute atomic E-state index is 0.107. The third kappa shape index (κ3) is 4.94. The Labute approximate surface area is 193 Å². The van der Waals surface area contributed by atoms with Crippen LogP contribution in [-0.2, 0) is 9.54 Å². The maximum atomic E-state index is 10.8. The quantitative estimate of drug-likeness (QED) is 0.380. The van der Waals surface area contributed by atoms with Crippen LogP contribution in [0, 0.1) is 0 Å². The lowest BCUT2D eigenvalue weighted by molar-refractivity contribution is -0.139. The maximum absolute atomic E-state index is 10.8. The van der Waals surface area contributed by atoms with Gasteiger partial charge in [0.25, 0.3) is 0 Å². The predicted molar refractivity (Wildman–Crippen MR) is 129 cm³/mol. The largest absolute Gasteiger partial charge is 0.489 e. The number of thioether (sulfide) groups is 1. The molecule has 0 saturated carbocycles. The van der Waals surface area contributed by atoms with Crippen LogP contribution in [-0.4, -0.2) is 30.0 Å². The summed E-state index contributed by atoms with van der Waals surface area (Å²) in [5, 5.41) is 8.88. The molecule has 0 saturated heterocycles. The molecule has 0 spiro atoms. The van der Waals surface area contributed by atoms with Crippen molar-refractivity contribution in [2.45, 2.75) is 30.4 Å². The summed E-state index contributed by atoms with van der Waals surface area (Å²) in [6.07, 6.45) is 2.08. The van der Waals surface area contributed by atoms with Crippen LogP contribution in [0.4, 0.5) is 0 Å². The molecule has 0 fully saturated rings. The smallest absolute Gasteiger partial charge is 0.341 e. The Morgan fingerprint density at radius 3 is 2.31 bits per heavy atom. The fourth-order valence-corrected chi connectivity index (χ4v) is 5.55. The second-order valence-corrected chi connectivity index (χ2v) is 9.63. The van der Waals surface area contributed by atoms with E-state index in [4.69, 9.17) is 14.6 Å². The predicted octanol–water partition coefficient (Wildman–Crippen LogP) is 6.10. The van der Waals surface area contributed by atoms with Crippen molar-refractivity contribution in [3.05, 3.63) is 95.6 Å². The van der Waals surface area contributed by atoms with Gasteiger partial charge < -0.3 is 14.6 Å². The zero-order valence-electron chi connectivity index (χ0n) is 18.2. The first-order chi connectivity index (χ1) is 15.6. The number of ether oxygens (including phenoxy) is 2. The molecule has 0 amide bonds. The van der Waals surface area contributed by atoms with Crippen molar-refractivity contribution in [1.29, 1.82) is 0 Å². The molecule has 5 heteroatoms. The lowest BCUT2D eigenvalue weighted by Gasteiger charge is -2.30. The van der Waals surface area contributed by atoms with Gasteiger partial charge in [0.1, 0.15) is 0 Å². The number of carboxylic acids is 1. The molecule has 0 bridgehead atoms. The van der Waals surface area contributed by atoms with Gasteiger partial charge in [-0.25, -0.2) is 4.79 Å². The topological polar surface area (TPSA) is 55.8 Å². The molecule has 0 aromatic heterocycles. The van der Waals surface area contributed by atoms with E-state index in [2.05, 4.69) is 73.7 Å². The van der Waals surface area contributed by atoms with Gasteiger partial charge in [-0.2, -0.15) is 0 Å². The van der Waals surface area contributed by atoms with Gasteiger partial charge in [0, 0.05) is 11.5 Å². The molecule has 1 unspecified atom stereocenters. The highest BCUT2D eigenvalue weighted by Crippen LogP contribution is 2.45. The van der Waals surface area contributed by atoms with E-state index in [9.17, 15) is 4.79 Å². The Kier molecular flexibility index (Phi) is 7.05. The van der Waals surface area contributed by atoms with Crippen molar-refractivity contribution < 1.29 is 19.4 Å². The van der Waals surface area contributed by atoms with Gasteiger partial charge in [-0.05, 0) is 42.7 Å². The van der Waals surface area contributed by atoms with Gasteiger partial charge in [0.15, 0.2) is 18.1 Å². The molecule has 32 heavy (non-hydrogen) atoms. The summed E-state index contributed by atoms with van der Waals surface area (Å²) >= 11 is 1.98. The number of fused-ring (bicyclic) bond motifs is 1. The zero-order chi connectivity index (χ0) is 22.4. The molecule has 166 valence electrons. The van der Waals surface area contributed by atoms with Gasteiger partial charge in [0.2, 0.25) is 0 Å². The van der Waals surface area contributed by atoms with Crippen LogP contribution >= 0.6 is 11.8 Å². The first kappa shape index (κ1) is 22.3. The van der Waals surface area contributed by atoms with E-state index < -0.39 is 5.97 Å². The average Bonchev–Trinajstić information content (AvgIpc) is 3.25. The van der Waals surface area contributed by atoms with Gasteiger partial charge in [0.05, 0.1) is 11.4 Å². The van der Waals surface area contributed by atoms with Gasteiger partial charge in [-0.15, -0.1) is 11.8 Å². The highest BCUT2D eigenvalue weighted by atomic mass is 32.2. The maximum Gasteiger partial charge on any atom is 0.341 e. The summed E-state index contributed by atoms with van der Waals surface area (Å²) in [6.45, 7) is 2.56. The molecule has 3 aromatic rings. The van der Waals surface area contributed by atoms with Crippen molar-refractivity contribution in [3.8, 4) is 11.5 Å². The van der Waals surface area contributed by atoms with E-state index >= 15 is 0 Å². The third-order valence-electron chi connectivity index (χ3n) is 5.97. The number of carbonyl (C=O) groups is 1. The summed E-state index contributed by atoms with van der Waals surface area (Å²) in [5.74, 6) is 1.56. The second-order valence-electron chi connectivity index (χ2n) is 8.12. The first-order valence-corrected chi connectivity index (χ1v) is 11.9. The summed E-state index contributed by atoms with van der Waals surface area (Å²) in [4.78, 5) is 10.8.